The molecule has 4 nitrogen and oxygen atoms in total. The average Bonchev–Trinajstić information content (AvgIpc) is 2.97. The van der Waals surface area contributed by atoms with Crippen LogP contribution in [0.15, 0.2) is 0 Å². The number of piperidine rings is 1. The number of fused-ring (bicyclic) bond motifs is 1. The Morgan fingerprint density at radius 1 is 1.19 bits per heavy atom. The standard InChI is InChI=1S/C17H33N3O/c1-3-5-9-19(10-6-4-2)17(21)14-20-11-7-8-15-12-18-13-16(15)20/h15-16,18H,3-14H2,1-2H3. The van der Waals surface area contributed by atoms with E-state index in [-0.39, 0.29) is 0 Å². The number of amides is 1. The third-order valence-corrected chi connectivity index (χ3v) is 5.05. The van der Waals surface area contributed by atoms with Gasteiger partial charge in [-0.25, -0.2) is 0 Å². The van der Waals surface area contributed by atoms with Crippen LogP contribution in [0.2, 0.25) is 0 Å². The molecule has 0 aromatic carbocycles. The average molecular weight is 295 g/mol. The number of unbranched alkanes of at least 4 members (excludes halogenated alkanes) is 2. The van der Waals surface area contributed by atoms with E-state index in [1.807, 2.05) is 0 Å². The Hall–Kier alpha value is -0.610. The Morgan fingerprint density at radius 3 is 2.57 bits per heavy atom. The molecule has 2 rings (SSSR count). The van der Waals surface area contributed by atoms with Crippen LogP contribution in [-0.4, -0.2) is 61.0 Å². The van der Waals surface area contributed by atoms with E-state index in [2.05, 4.69) is 29.0 Å². The normalized spacial score (nSPS) is 25.8. The molecule has 1 N–H and O–H groups in total. The van der Waals surface area contributed by atoms with Crippen LogP contribution in [0, 0.1) is 5.92 Å². The number of nitrogens with zero attached hydrogens (tertiary/aromatic N) is 2. The monoisotopic (exact) mass is 295 g/mol. The van der Waals surface area contributed by atoms with Crippen molar-refractivity contribution >= 4 is 5.91 Å². The van der Waals surface area contributed by atoms with Gasteiger partial charge in [-0.2, -0.15) is 0 Å². The van der Waals surface area contributed by atoms with Crippen molar-refractivity contribution in [3.8, 4) is 0 Å². The van der Waals surface area contributed by atoms with Gasteiger partial charge in [-0.15, -0.1) is 0 Å². The van der Waals surface area contributed by atoms with Crippen molar-refractivity contribution in [2.45, 2.75) is 58.4 Å². The number of hydrogen-bond acceptors (Lipinski definition) is 3. The molecular weight excluding hydrogens is 262 g/mol. The highest BCUT2D eigenvalue weighted by Gasteiger charge is 2.36. The van der Waals surface area contributed by atoms with Gasteiger partial charge in [-0.05, 0) is 44.7 Å². The molecule has 2 atom stereocenters. The lowest BCUT2D eigenvalue weighted by Crippen LogP contribution is -2.50. The van der Waals surface area contributed by atoms with Gasteiger partial charge in [0, 0.05) is 25.7 Å². The molecular formula is C17H33N3O. The summed E-state index contributed by atoms with van der Waals surface area (Å²) in [6.07, 6.45) is 7.16. The van der Waals surface area contributed by atoms with Crippen LogP contribution in [0.1, 0.15) is 52.4 Å². The van der Waals surface area contributed by atoms with Gasteiger partial charge in [0.25, 0.3) is 0 Å². The van der Waals surface area contributed by atoms with Crippen molar-refractivity contribution in [2.24, 2.45) is 5.92 Å². The molecule has 0 spiro atoms. The fraction of sp³-hybridized carbons (Fsp3) is 0.941. The number of nitrogens with one attached hydrogen (secondary N) is 1. The Kier molecular flexibility index (Phi) is 6.97. The maximum Gasteiger partial charge on any atom is 0.236 e. The van der Waals surface area contributed by atoms with Crippen LogP contribution in [0.4, 0.5) is 0 Å². The fourth-order valence-electron chi connectivity index (χ4n) is 3.69. The molecule has 2 aliphatic rings. The quantitative estimate of drug-likeness (QED) is 0.745. The van der Waals surface area contributed by atoms with Gasteiger partial charge >= 0.3 is 0 Å². The van der Waals surface area contributed by atoms with Crippen molar-refractivity contribution in [1.29, 1.82) is 0 Å². The van der Waals surface area contributed by atoms with E-state index in [1.165, 1.54) is 12.8 Å². The van der Waals surface area contributed by atoms with Gasteiger partial charge in [0.15, 0.2) is 0 Å². The second-order valence-electron chi connectivity index (χ2n) is 6.69. The number of rotatable bonds is 8. The van der Waals surface area contributed by atoms with Crippen molar-refractivity contribution < 1.29 is 4.79 Å². The maximum absolute atomic E-state index is 12.7. The summed E-state index contributed by atoms with van der Waals surface area (Å²) in [5.74, 6) is 1.12. The molecule has 0 radical (unpaired) electrons. The van der Waals surface area contributed by atoms with E-state index in [1.54, 1.807) is 0 Å². The number of hydrogen-bond donors (Lipinski definition) is 1. The lowest BCUT2D eigenvalue weighted by molar-refractivity contribution is -0.133. The van der Waals surface area contributed by atoms with E-state index in [4.69, 9.17) is 0 Å². The Balaban J connectivity index is 1.87. The SMILES string of the molecule is CCCCN(CCCC)C(=O)CN1CCCC2CNCC21. The molecule has 122 valence electrons. The summed E-state index contributed by atoms with van der Waals surface area (Å²) in [5, 5.41) is 3.50. The van der Waals surface area contributed by atoms with Crippen LogP contribution in [0.5, 0.6) is 0 Å². The summed E-state index contributed by atoms with van der Waals surface area (Å²) in [5.41, 5.74) is 0. The van der Waals surface area contributed by atoms with Crippen molar-refractivity contribution in [2.75, 3.05) is 39.3 Å². The Labute approximate surface area is 130 Å². The summed E-state index contributed by atoms with van der Waals surface area (Å²) in [7, 11) is 0. The number of carbonyl (C=O) groups excluding carboxylic acids is 1. The van der Waals surface area contributed by atoms with E-state index >= 15 is 0 Å². The predicted molar refractivity (Wildman–Crippen MR) is 87.4 cm³/mol. The minimum atomic E-state index is 0.351. The predicted octanol–water partition coefficient (Wildman–Crippen LogP) is 2.10. The molecule has 2 unspecified atom stereocenters. The zero-order chi connectivity index (χ0) is 15.1. The molecule has 1 amide bonds. The molecule has 0 bridgehead atoms. The lowest BCUT2D eigenvalue weighted by Gasteiger charge is -2.37. The summed E-state index contributed by atoms with van der Waals surface area (Å²) in [4.78, 5) is 17.2. The summed E-state index contributed by atoms with van der Waals surface area (Å²) in [6.45, 7) is 10.2. The third kappa shape index (κ3) is 4.68. The zero-order valence-corrected chi connectivity index (χ0v) is 13.9. The smallest absolute Gasteiger partial charge is 0.236 e. The lowest BCUT2D eigenvalue weighted by atomic mass is 9.92. The van der Waals surface area contributed by atoms with Gasteiger partial charge in [0.1, 0.15) is 0 Å². The van der Waals surface area contributed by atoms with E-state index in [0.29, 0.717) is 18.5 Å². The highest BCUT2D eigenvalue weighted by molar-refractivity contribution is 5.78. The first-order valence-electron chi connectivity index (χ1n) is 8.98. The second kappa shape index (κ2) is 8.74. The molecule has 0 aliphatic carbocycles. The van der Waals surface area contributed by atoms with Crippen molar-refractivity contribution in [1.82, 2.24) is 15.1 Å². The summed E-state index contributed by atoms with van der Waals surface area (Å²) in [6, 6.07) is 0.599. The van der Waals surface area contributed by atoms with Crippen LogP contribution >= 0.6 is 0 Å². The summed E-state index contributed by atoms with van der Waals surface area (Å²) < 4.78 is 0. The largest absolute Gasteiger partial charge is 0.342 e. The topological polar surface area (TPSA) is 35.6 Å². The first-order chi connectivity index (χ1) is 10.3. The highest BCUT2D eigenvalue weighted by Crippen LogP contribution is 2.26. The zero-order valence-electron chi connectivity index (χ0n) is 13.9. The van der Waals surface area contributed by atoms with Crippen LogP contribution in [0.3, 0.4) is 0 Å². The number of likely N-dealkylation sites (tertiary alicyclic amines) is 1. The first kappa shape index (κ1) is 16.8. The third-order valence-electron chi connectivity index (χ3n) is 5.05. The van der Waals surface area contributed by atoms with Gasteiger partial charge < -0.3 is 10.2 Å². The van der Waals surface area contributed by atoms with Gasteiger partial charge in [-0.3, -0.25) is 9.69 Å². The second-order valence-corrected chi connectivity index (χ2v) is 6.69. The van der Waals surface area contributed by atoms with Crippen LogP contribution in [0.25, 0.3) is 0 Å². The molecule has 2 aliphatic heterocycles. The van der Waals surface area contributed by atoms with E-state index in [0.717, 1.165) is 64.3 Å². The van der Waals surface area contributed by atoms with Crippen LogP contribution < -0.4 is 5.32 Å². The Morgan fingerprint density at radius 2 is 1.90 bits per heavy atom. The number of carbonyl (C=O) groups is 1. The summed E-state index contributed by atoms with van der Waals surface area (Å²) >= 11 is 0. The minimum absolute atomic E-state index is 0.351. The fourth-order valence-corrected chi connectivity index (χ4v) is 3.69. The first-order valence-corrected chi connectivity index (χ1v) is 8.98. The molecule has 21 heavy (non-hydrogen) atoms. The van der Waals surface area contributed by atoms with Gasteiger partial charge in [0.2, 0.25) is 5.91 Å². The van der Waals surface area contributed by atoms with E-state index < -0.39 is 0 Å². The molecule has 2 fully saturated rings. The maximum atomic E-state index is 12.7. The molecule has 0 saturated carbocycles. The molecule has 2 heterocycles. The van der Waals surface area contributed by atoms with Crippen molar-refractivity contribution in [3.63, 3.8) is 0 Å². The highest BCUT2D eigenvalue weighted by atomic mass is 16.2. The van der Waals surface area contributed by atoms with Gasteiger partial charge in [-0.1, -0.05) is 26.7 Å². The van der Waals surface area contributed by atoms with E-state index in [9.17, 15) is 4.79 Å². The molecule has 0 aromatic heterocycles. The van der Waals surface area contributed by atoms with Gasteiger partial charge in [0.05, 0.1) is 6.54 Å². The Bertz CT molecular complexity index is 313. The molecule has 4 heteroatoms. The minimum Gasteiger partial charge on any atom is -0.342 e. The van der Waals surface area contributed by atoms with Crippen molar-refractivity contribution in [3.05, 3.63) is 0 Å². The molecule has 2 saturated heterocycles. The van der Waals surface area contributed by atoms with Crippen LogP contribution in [-0.2, 0) is 4.79 Å². The molecule has 0 aromatic rings.